The first kappa shape index (κ1) is 15.0. The van der Waals surface area contributed by atoms with E-state index in [4.69, 9.17) is 0 Å². The van der Waals surface area contributed by atoms with Crippen molar-refractivity contribution in [1.29, 1.82) is 0 Å². The summed E-state index contributed by atoms with van der Waals surface area (Å²) in [4.78, 5) is 0. The molecule has 0 aromatic carbocycles. The summed E-state index contributed by atoms with van der Waals surface area (Å²) in [6, 6.07) is 0. The maximum atomic E-state index is 4.09. The molecular formula is C16H26. The van der Waals surface area contributed by atoms with Gasteiger partial charge < -0.3 is 0 Å². The van der Waals surface area contributed by atoms with Crippen LogP contribution in [0.1, 0.15) is 46.5 Å². The molecule has 16 heavy (non-hydrogen) atoms. The number of allylic oxidation sites excluding steroid dienone is 6. The van der Waals surface area contributed by atoms with Crippen molar-refractivity contribution in [2.24, 2.45) is 5.92 Å². The fourth-order valence-electron chi connectivity index (χ4n) is 1.48. The molecule has 0 aliphatic heterocycles. The summed E-state index contributed by atoms with van der Waals surface area (Å²) in [6.07, 6.45) is 13.1. The van der Waals surface area contributed by atoms with E-state index in [2.05, 4.69) is 52.2 Å². The van der Waals surface area contributed by atoms with Crippen LogP contribution in [0.3, 0.4) is 0 Å². The second-order valence-corrected chi connectivity index (χ2v) is 4.38. The van der Waals surface area contributed by atoms with Gasteiger partial charge in [0.1, 0.15) is 0 Å². The topological polar surface area (TPSA) is 0 Å². The molecule has 0 N–H and O–H groups in total. The van der Waals surface area contributed by atoms with E-state index < -0.39 is 0 Å². The van der Waals surface area contributed by atoms with Gasteiger partial charge in [-0.05, 0) is 45.4 Å². The van der Waals surface area contributed by atoms with Crippen LogP contribution in [0.4, 0.5) is 0 Å². The number of rotatable bonds is 8. The molecule has 0 nitrogen and oxygen atoms in total. The molecule has 0 saturated heterocycles. The van der Waals surface area contributed by atoms with Gasteiger partial charge in [-0.2, -0.15) is 0 Å². The SMILES string of the molecule is C=CC(C)C(=C)CCC=C(C)CCC=CC. The molecule has 0 heterocycles. The van der Waals surface area contributed by atoms with Crippen molar-refractivity contribution < 1.29 is 0 Å². The molecule has 0 fully saturated rings. The lowest BCUT2D eigenvalue weighted by Crippen LogP contribution is -1.93. The Hall–Kier alpha value is -1.04. The molecule has 0 spiro atoms. The molecule has 0 rings (SSSR count). The van der Waals surface area contributed by atoms with Crippen molar-refractivity contribution in [2.45, 2.75) is 46.5 Å². The van der Waals surface area contributed by atoms with Crippen molar-refractivity contribution in [3.8, 4) is 0 Å². The van der Waals surface area contributed by atoms with Gasteiger partial charge in [-0.25, -0.2) is 0 Å². The van der Waals surface area contributed by atoms with E-state index in [-0.39, 0.29) is 0 Å². The van der Waals surface area contributed by atoms with Crippen LogP contribution in [-0.2, 0) is 0 Å². The van der Waals surface area contributed by atoms with Gasteiger partial charge in [0, 0.05) is 0 Å². The van der Waals surface area contributed by atoms with Gasteiger partial charge in [0.05, 0.1) is 0 Å². The summed E-state index contributed by atoms with van der Waals surface area (Å²) in [6.45, 7) is 14.3. The first-order valence-electron chi connectivity index (χ1n) is 6.18. The first-order chi connectivity index (χ1) is 7.61. The van der Waals surface area contributed by atoms with E-state index in [0.717, 1.165) is 19.3 Å². The molecule has 0 aliphatic rings. The Morgan fingerprint density at radius 2 is 1.94 bits per heavy atom. The van der Waals surface area contributed by atoms with Gasteiger partial charge in [0.15, 0.2) is 0 Å². The lowest BCUT2D eigenvalue weighted by atomic mass is 9.98. The zero-order valence-electron chi connectivity index (χ0n) is 11.1. The Morgan fingerprint density at radius 1 is 1.25 bits per heavy atom. The summed E-state index contributed by atoms with van der Waals surface area (Å²) < 4.78 is 0. The lowest BCUT2D eigenvalue weighted by molar-refractivity contribution is 0.784. The van der Waals surface area contributed by atoms with Crippen LogP contribution in [0, 0.1) is 5.92 Å². The summed E-state index contributed by atoms with van der Waals surface area (Å²) >= 11 is 0. The van der Waals surface area contributed by atoms with Gasteiger partial charge in [0.2, 0.25) is 0 Å². The van der Waals surface area contributed by atoms with Crippen molar-refractivity contribution in [1.82, 2.24) is 0 Å². The Labute approximate surface area is 101 Å². The predicted octanol–water partition coefficient (Wildman–Crippen LogP) is 5.45. The number of hydrogen-bond acceptors (Lipinski definition) is 0. The minimum Gasteiger partial charge on any atom is -0.102 e. The largest absolute Gasteiger partial charge is 0.102 e. The van der Waals surface area contributed by atoms with Crippen molar-refractivity contribution in [2.75, 3.05) is 0 Å². The third-order valence-corrected chi connectivity index (χ3v) is 2.90. The smallest absolute Gasteiger partial charge is 0.00569 e. The van der Waals surface area contributed by atoms with E-state index in [0.29, 0.717) is 5.92 Å². The van der Waals surface area contributed by atoms with Gasteiger partial charge in [-0.15, -0.1) is 6.58 Å². The van der Waals surface area contributed by atoms with E-state index in [1.54, 1.807) is 0 Å². The Balaban J connectivity index is 3.81. The van der Waals surface area contributed by atoms with Crippen molar-refractivity contribution >= 4 is 0 Å². The molecule has 0 radical (unpaired) electrons. The van der Waals surface area contributed by atoms with Crippen LogP contribution in [0.2, 0.25) is 0 Å². The van der Waals surface area contributed by atoms with Gasteiger partial charge in [-0.1, -0.05) is 49.0 Å². The van der Waals surface area contributed by atoms with Crippen molar-refractivity contribution in [3.05, 3.63) is 48.6 Å². The van der Waals surface area contributed by atoms with Crippen LogP contribution in [-0.4, -0.2) is 0 Å². The summed E-state index contributed by atoms with van der Waals surface area (Å²) in [5.74, 6) is 0.441. The van der Waals surface area contributed by atoms with Crippen LogP contribution < -0.4 is 0 Å². The normalized spacial score (nSPS) is 14.1. The predicted molar refractivity (Wildman–Crippen MR) is 75.5 cm³/mol. The molecule has 0 aromatic heterocycles. The average Bonchev–Trinajstić information content (AvgIpc) is 2.28. The molecule has 1 atom stereocenters. The fourth-order valence-corrected chi connectivity index (χ4v) is 1.48. The molecule has 0 heteroatoms. The molecule has 1 unspecified atom stereocenters. The summed E-state index contributed by atoms with van der Waals surface area (Å²) in [5, 5.41) is 0. The summed E-state index contributed by atoms with van der Waals surface area (Å²) in [5.41, 5.74) is 2.77. The minimum absolute atomic E-state index is 0.441. The molecule has 0 aliphatic carbocycles. The van der Waals surface area contributed by atoms with E-state index in [1.807, 2.05) is 6.08 Å². The van der Waals surface area contributed by atoms with Crippen molar-refractivity contribution in [3.63, 3.8) is 0 Å². The Kier molecular flexibility index (Phi) is 8.61. The lowest BCUT2D eigenvalue weighted by Gasteiger charge is -2.08. The fraction of sp³-hybridized carbons (Fsp3) is 0.500. The standard InChI is InChI=1S/C16H26/c1-6-8-9-11-14(3)12-10-13-16(5)15(4)7-2/h6-8,12,15H,2,5,9-11,13H2,1,3-4H3. The van der Waals surface area contributed by atoms with Gasteiger partial charge >= 0.3 is 0 Å². The van der Waals surface area contributed by atoms with E-state index in [1.165, 1.54) is 17.6 Å². The molecule has 90 valence electrons. The minimum atomic E-state index is 0.441. The van der Waals surface area contributed by atoms with Crippen LogP contribution in [0.5, 0.6) is 0 Å². The second-order valence-electron chi connectivity index (χ2n) is 4.38. The summed E-state index contributed by atoms with van der Waals surface area (Å²) in [7, 11) is 0. The third kappa shape index (κ3) is 7.28. The number of hydrogen-bond donors (Lipinski definition) is 0. The highest BCUT2D eigenvalue weighted by Gasteiger charge is 2.00. The zero-order valence-corrected chi connectivity index (χ0v) is 11.1. The highest BCUT2D eigenvalue weighted by Crippen LogP contribution is 2.16. The van der Waals surface area contributed by atoms with Crippen LogP contribution in [0.15, 0.2) is 48.6 Å². The van der Waals surface area contributed by atoms with Gasteiger partial charge in [0.25, 0.3) is 0 Å². The van der Waals surface area contributed by atoms with Gasteiger partial charge in [-0.3, -0.25) is 0 Å². The quantitative estimate of drug-likeness (QED) is 0.475. The molecule has 0 aromatic rings. The first-order valence-corrected chi connectivity index (χ1v) is 6.18. The van der Waals surface area contributed by atoms with E-state index >= 15 is 0 Å². The average molecular weight is 218 g/mol. The monoisotopic (exact) mass is 218 g/mol. The maximum absolute atomic E-state index is 4.09. The Bertz CT molecular complexity index is 266. The van der Waals surface area contributed by atoms with Crippen LogP contribution in [0.25, 0.3) is 0 Å². The molecule has 0 bridgehead atoms. The maximum Gasteiger partial charge on any atom is -0.00569 e. The highest BCUT2D eigenvalue weighted by molar-refractivity contribution is 5.08. The second kappa shape index (κ2) is 9.21. The Morgan fingerprint density at radius 3 is 2.50 bits per heavy atom. The molecule has 0 saturated carbocycles. The molecule has 0 amide bonds. The third-order valence-electron chi connectivity index (χ3n) is 2.90. The van der Waals surface area contributed by atoms with E-state index in [9.17, 15) is 0 Å². The highest BCUT2D eigenvalue weighted by atomic mass is 14.1. The molecular weight excluding hydrogens is 192 g/mol. The zero-order chi connectivity index (χ0) is 12.4. The van der Waals surface area contributed by atoms with Crippen LogP contribution >= 0.6 is 0 Å².